The third-order valence-electron chi connectivity index (χ3n) is 7.60. The number of ether oxygens (including phenoxy) is 3. The first kappa shape index (κ1) is 23.9. The number of fused-ring (bicyclic) bond motifs is 5. The van der Waals surface area contributed by atoms with Crippen LogP contribution < -0.4 is 0 Å². The molecule has 7 heteroatoms. The number of Topliss-reactive ketones (excluding diaryl/α,β-unsaturated/α-hetero) is 1. The molecule has 2 aliphatic heterocycles. The van der Waals surface area contributed by atoms with Crippen LogP contribution in [0, 0.1) is 23.7 Å². The highest BCUT2D eigenvalue weighted by molar-refractivity contribution is 5.95. The van der Waals surface area contributed by atoms with Crippen LogP contribution in [0.5, 0.6) is 0 Å². The SMILES string of the molecule is C=C1C[C@@]2(O)O[C@H]([C@@H]3[C@@H](C(C)C)CC[C@@](C)(OC(C)=O)[C@@H]32)[C@](C)(OC(C)=O)CCC1=O. The van der Waals surface area contributed by atoms with Gasteiger partial charge in [-0.15, -0.1) is 0 Å². The maximum absolute atomic E-state index is 12.7. The van der Waals surface area contributed by atoms with Crippen LogP contribution in [0.25, 0.3) is 0 Å². The molecule has 0 aromatic rings. The molecule has 1 aliphatic carbocycles. The van der Waals surface area contributed by atoms with Gasteiger partial charge in [-0.1, -0.05) is 20.4 Å². The number of ketones is 1. The molecule has 0 aromatic heterocycles. The van der Waals surface area contributed by atoms with E-state index in [2.05, 4.69) is 20.4 Å². The zero-order chi connectivity index (χ0) is 23.4. The Labute approximate surface area is 184 Å². The Bertz CT molecular complexity index is 789. The first-order valence-electron chi connectivity index (χ1n) is 11.2. The van der Waals surface area contributed by atoms with Crippen LogP contribution in [0.15, 0.2) is 12.2 Å². The molecule has 0 amide bonds. The fraction of sp³-hybridized carbons (Fsp3) is 0.792. The van der Waals surface area contributed by atoms with Crippen molar-refractivity contribution in [1.29, 1.82) is 0 Å². The first-order chi connectivity index (χ1) is 14.2. The average Bonchev–Trinajstić information content (AvgIpc) is 2.93. The number of hydrogen-bond acceptors (Lipinski definition) is 7. The van der Waals surface area contributed by atoms with Crippen molar-refractivity contribution in [1.82, 2.24) is 0 Å². The van der Waals surface area contributed by atoms with Gasteiger partial charge in [0.1, 0.15) is 17.3 Å². The second-order valence-electron chi connectivity index (χ2n) is 10.4. The highest BCUT2D eigenvalue weighted by atomic mass is 16.7. The Morgan fingerprint density at radius 2 is 1.71 bits per heavy atom. The van der Waals surface area contributed by atoms with Crippen molar-refractivity contribution in [3.8, 4) is 0 Å². The lowest BCUT2D eigenvalue weighted by molar-refractivity contribution is -0.259. The largest absolute Gasteiger partial charge is 0.459 e. The number of rotatable bonds is 3. The number of esters is 2. The van der Waals surface area contributed by atoms with Crippen LogP contribution in [0.3, 0.4) is 0 Å². The molecule has 2 bridgehead atoms. The highest BCUT2D eigenvalue weighted by Crippen LogP contribution is 2.61. The summed E-state index contributed by atoms with van der Waals surface area (Å²) in [5, 5.41) is 11.9. The van der Waals surface area contributed by atoms with E-state index in [0.29, 0.717) is 6.42 Å². The van der Waals surface area contributed by atoms with Crippen LogP contribution in [0.1, 0.15) is 73.6 Å². The van der Waals surface area contributed by atoms with Gasteiger partial charge in [0.25, 0.3) is 0 Å². The van der Waals surface area contributed by atoms with Gasteiger partial charge in [-0.25, -0.2) is 0 Å². The predicted molar refractivity (Wildman–Crippen MR) is 113 cm³/mol. The van der Waals surface area contributed by atoms with Crippen LogP contribution >= 0.6 is 0 Å². The van der Waals surface area contributed by atoms with Crippen LogP contribution in [-0.2, 0) is 28.6 Å². The zero-order valence-corrected chi connectivity index (χ0v) is 19.5. The number of carbonyl (C=O) groups is 3. The minimum absolute atomic E-state index is 0.0681. The summed E-state index contributed by atoms with van der Waals surface area (Å²) in [5.41, 5.74) is -1.82. The van der Waals surface area contributed by atoms with Crippen LogP contribution in [0.4, 0.5) is 0 Å². The van der Waals surface area contributed by atoms with Gasteiger partial charge in [0, 0.05) is 32.6 Å². The summed E-state index contributed by atoms with van der Waals surface area (Å²) in [5.74, 6) is -3.23. The van der Waals surface area contributed by atoms with Gasteiger partial charge in [0.05, 0.1) is 5.92 Å². The molecule has 0 spiro atoms. The van der Waals surface area contributed by atoms with E-state index >= 15 is 0 Å². The Balaban J connectivity index is 2.21. The van der Waals surface area contributed by atoms with E-state index in [9.17, 15) is 19.5 Å². The fourth-order valence-corrected chi connectivity index (χ4v) is 6.43. The lowest BCUT2D eigenvalue weighted by Crippen LogP contribution is -2.58. The van der Waals surface area contributed by atoms with E-state index in [0.717, 1.165) is 6.42 Å². The highest BCUT2D eigenvalue weighted by Gasteiger charge is 2.69. The molecule has 1 saturated carbocycles. The summed E-state index contributed by atoms with van der Waals surface area (Å²) in [7, 11) is 0. The predicted octanol–water partition coefficient (Wildman–Crippen LogP) is 3.33. The maximum Gasteiger partial charge on any atom is 0.303 e. The van der Waals surface area contributed by atoms with E-state index in [1.54, 1.807) is 6.92 Å². The van der Waals surface area contributed by atoms with E-state index in [1.807, 2.05) is 6.92 Å². The summed E-state index contributed by atoms with van der Waals surface area (Å²) in [6, 6.07) is 0. The van der Waals surface area contributed by atoms with Gasteiger partial charge in [0.2, 0.25) is 0 Å². The monoisotopic (exact) mass is 436 g/mol. The maximum atomic E-state index is 12.7. The number of carbonyl (C=O) groups excluding carboxylic acids is 3. The Hall–Kier alpha value is -1.73. The molecule has 3 rings (SSSR count). The van der Waals surface area contributed by atoms with Gasteiger partial charge < -0.3 is 19.3 Å². The van der Waals surface area contributed by atoms with E-state index in [-0.39, 0.29) is 48.4 Å². The summed E-state index contributed by atoms with van der Waals surface area (Å²) < 4.78 is 18.0. The molecule has 31 heavy (non-hydrogen) atoms. The fourth-order valence-electron chi connectivity index (χ4n) is 6.43. The van der Waals surface area contributed by atoms with Crippen molar-refractivity contribution >= 4 is 17.7 Å². The van der Waals surface area contributed by atoms with Gasteiger partial charge >= 0.3 is 11.9 Å². The van der Waals surface area contributed by atoms with E-state index in [1.165, 1.54) is 13.8 Å². The van der Waals surface area contributed by atoms with E-state index in [4.69, 9.17) is 14.2 Å². The molecule has 174 valence electrons. The Morgan fingerprint density at radius 1 is 1.13 bits per heavy atom. The third-order valence-corrected chi connectivity index (χ3v) is 7.60. The second kappa shape index (κ2) is 8.00. The molecular formula is C24H36O7. The molecule has 2 heterocycles. The minimum Gasteiger partial charge on any atom is -0.459 e. The average molecular weight is 437 g/mol. The molecule has 1 N–H and O–H groups in total. The van der Waals surface area contributed by atoms with Crippen LogP contribution in [-0.4, -0.2) is 45.9 Å². The molecule has 0 radical (unpaired) electrons. The standard InChI is InChI=1S/C24H36O7/c1-13(2)17-8-10-22(6,29-15(4)25)20-19(17)21-23(7,30-16(5)26)11-9-18(27)14(3)12-24(20,28)31-21/h13,17,19-21,28H,3,8-12H2,1-2,4-7H3/t17-,19-,20-,21-,22-,23-,24-/m1/s1. The van der Waals surface area contributed by atoms with Gasteiger partial charge in [-0.3, -0.25) is 14.4 Å². The van der Waals surface area contributed by atoms with Crippen molar-refractivity contribution in [3.05, 3.63) is 12.2 Å². The second-order valence-corrected chi connectivity index (χ2v) is 10.4. The summed E-state index contributed by atoms with van der Waals surface area (Å²) in [4.78, 5) is 36.7. The summed E-state index contributed by atoms with van der Waals surface area (Å²) in [6.45, 7) is 14.5. The first-order valence-corrected chi connectivity index (χ1v) is 11.2. The third kappa shape index (κ3) is 4.19. The molecule has 0 unspecified atom stereocenters. The Kier molecular flexibility index (Phi) is 6.17. The van der Waals surface area contributed by atoms with Gasteiger partial charge in [-0.05, 0) is 50.5 Å². The van der Waals surface area contributed by atoms with Crippen molar-refractivity contribution in [2.75, 3.05) is 0 Å². The van der Waals surface area contributed by atoms with Crippen molar-refractivity contribution in [2.45, 2.75) is 96.7 Å². The molecule has 7 atom stereocenters. The number of hydrogen-bond donors (Lipinski definition) is 1. The van der Waals surface area contributed by atoms with Crippen LogP contribution in [0.2, 0.25) is 0 Å². The normalized spacial score (nSPS) is 43.0. The lowest BCUT2D eigenvalue weighted by atomic mass is 9.56. The minimum atomic E-state index is -1.76. The van der Waals surface area contributed by atoms with Gasteiger partial charge in [-0.2, -0.15) is 0 Å². The molecule has 0 aromatic carbocycles. The van der Waals surface area contributed by atoms with Crippen molar-refractivity contribution in [2.24, 2.45) is 23.7 Å². The van der Waals surface area contributed by atoms with Gasteiger partial charge in [0.15, 0.2) is 11.6 Å². The smallest absolute Gasteiger partial charge is 0.303 e. The molecule has 3 fully saturated rings. The summed E-state index contributed by atoms with van der Waals surface area (Å²) >= 11 is 0. The molecular weight excluding hydrogens is 400 g/mol. The van der Waals surface area contributed by atoms with Crippen molar-refractivity contribution in [3.63, 3.8) is 0 Å². The van der Waals surface area contributed by atoms with E-state index < -0.39 is 40.9 Å². The number of aliphatic hydroxyl groups is 1. The topological polar surface area (TPSA) is 99.1 Å². The molecule has 7 nitrogen and oxygen atoms in total. The molecule has 3 aliphatic rings. The quantitative estimate of drug-likeness (QED) is 0.535. The Morgan fingerprint density at radius 3 is 2.26 bits per heavy atom. The van der Waals surface area contributed by atoms with Crippen molar-refractivity contribution < 1.29 is 33.7 Å². The molecule has 2 saturated heterocycles. The zero-order valence-electron chi connectivity index (χ0n) is 19.5. The lowest BCUT2D eigenvalue weighted by Gasteiger charge is -2.51. The summed E-state index contributed by atoms with van der Waals surface area (Å²) in [6.07, 6.45) is 1.07.